The molecule has 0 saturated heterocycles. The number of hydrogen-bond acceptors (Lipinski definition) is 3. The second-order valence-electron chi connectivity index (χ2n) is 6.36. The molecule has 0 atom stereocenters. The van der Waals surface area contributed by atoms with E-state index in [-0.39, 0.29) is 0 Å². The Kier molecular flexibility index (Phi) is 6.20. The average Bonchev–Trinajstić information content (AvgIpc) is 3.12. The van der Waals surface area contributed by atoms with Crippen molar-refractivity contribution in [1.82, 2.24) is 20.2 Å². The van der Waals surface area contributed by atoms with Gasteiger partial charge in [-0.3, -0.25) is 14.6 Å². The lowest BCUT2D eigenvalue weighted by Crippen LogP contribution is -2.44. The molecule has 0 spiro atoms. The van der Waals surface area contributed by atoms with Crippen LogP contribution >= 0.6 is 0 Å². The first-order valence-electron chi connectivity index (χ1n) is 9.20. The van der Waals surface area contributed by atoms with Gasteiger partial charge in [0.05, 0.1) is 0 Å². The highest BCUT2D eigenvalue weighted by atomic mass is 16.2. The van der Waals surface area contributed by atoms with E-state index in [1.54, 1.807) is 17.3 Å². The van der Waals surface area contributed by atoms with Gasteiger partial charge in [-0.1, -0.05) is 18.2 Å². The fourth-order valence-electron chi connectivity index (χ4n) is 3.09. The first-order valence-corrected chi connectivity index (χ1v) is 9.20. The molecule has 3 rings (SSSR count). The molecule has 1 aromatic carbocycles. The fourth-order valence-corrected chi connectivity index (χ4v) is 3.09. The van der Waals surface area contributed by atoms with Crippen molar-refractivity contribution in [2.75, 3.05) is 19.6 Å². The highest BCUT2D eigenvalue weighted by Crippen LogP contribution is 2.17. The van der Waals surface area contributed by atoms with E-state index < -0.39 is 11.8 Å². The molecule has 27 heavy (non-hydrogen) atoms. The number of para-hydroxylation sites is 1. The minimum atomic E-state index is -0.550. The van der Waals surface area contributed by atoms with Crippen molar-refractivity contribution >= 4 is 22.7 Å². The Balaban J connectivity index is 1.49. The van der Waals surface area contributed by atoms with Gasteiger partial charge in [-0.2, -0.15) is 0 Å². The molecule has 0 aliphatic heterocycles. The molecule has 6 heteroatoms. The standard InChI is InChI=1S/C21H24N4O2/c1-2-25(14-10-16-7-11-22-12-8-16)21(27)20(26)23-13-9-17-15-24-19-6-4-3-5-18(17)19/h3-8,11-12,15,24H,2,9-10,13-14H2,1H3,(H,23,26). The maximum Gasteiger partial charge on any atom is 0.311 e. The molecule has 6 nitrogen and oxygen atoms in total. The molecule has 2 amide bonds. The summed E-state index contributed by atoms with van der Waals surface area (Å²) in [6, 6.07) is 11.9. The SMILES string of the molecule is CCN(CCc1ccncc1)C(=O)C(=O)NCCc1c[nH]c2ccccc12. The summed E-state index contributed by atoms with van der Waals surface area (Å²) in [6.07, 6.45) is 6.78. The van der Waals surface area contributed by atoms with E-state index in [2.05, 4.69) is 15.3 Å². The van der Waals surface area contributed by atoms with Crippen LogP contribution in [-0.4, -0.2) is 46.3 Å². The number of carbonyl (C=O) groups is 2. The van der Waals surface area contributed by atoms with Crippen LogP contribution in [0.5, 0.6) is 0 Å². The molecule has 140 valence electrons. The molecule has 0 aliphatic carbocycles. The van der Waals surface area contributed by atoms with Gasteiger partial charge in [0.25, 0.3) is 0 Å². The van der Waals surface area contributed by atoms with Crippen LogP contribution in [0.25, 0.3) is 10.9 Å². The predicted octanol–water partition coefficient (Wildman–Crippen LogP) is 2.31. The lowest BCUT2D eigenvalue weighted by atomic mass is 10.1. The Labute approximate surface area is 158 Å². The molecule has 0 unspecified atom stereocenters. The maximum atomic E-state index is 12.4. The first kappa shape index (κ1) is 18.6. The van der Waals surface area contributed by atoms with Gasteiger partial charge in [0.1, 0.15) is 0 Å². The monoisotopic (exact) mass is 364 g/mol. The number of hydrogen-bond donors (Lipinski definition) is 2. The van der Waals surface area contributed by atoms with Crippen molar-refractivity contribution in [2.24, 2.45) is 0 Å². The van der Waals surface area contributed by atoms with Crippen molar-refractivity contribution in [3.8, 4) is 0 Å². The van der Waals surface area contributed by atoms with Gasteiger partial charge >= 0.3 is 11.8 Å². The number of nitrogens with zero attached hydrogens (tertiary/aromatic N) is 2. The van der Waals surface area contributed by atoms with Crippen molar-refractivity contribution < 1.29 is 9.59 Å². The molecule has 0 bridgehead atoms. The molecule has 2 heterocycles. The number of amides is 2. The topological polar surface area (TPSA) is 78.1 Å². The Morgan fingerprint density at radius 2 is 1.89 bits per heavy atom. The summed E-state index contributed by atoms with van der Waals surface area (Å²) in [6.45, 7) is 3.31. The Morgan fingerprint density at radius 3 is 2.67 bits per heavy atom. The minimum Gasteiger partial charge on any atom is -0.361 e. The predicted molar refractivity (Wildman–Crippen MR) is 105 cm³/mol. The number of nitrogens with one attached hydrogen (secondary N) is 2. The summed E-state index contributed by atoms with van der Waals surface area (Å²) >= 11 is 0. The summed E-state index contributed by atoms with van der Waals surface area (Å²) in [5.41, 5.74) is 3.29. The van der Waals surface area contributed by atoms with E-state index in [4.69, 9.17) is 0 Å². The molecular weight excluding hydrogens is 340 g/mol. The van der Waals surface area contributed by atoms with E-state index in [1.807, 2.05) is 49.5 Å². The van der Waals surface area contributed by atoms with Crippen LogP contribution in [0.3, 0.4) is 0 Å². The number of carbonyl (C=O) groups excluding carboxylic acids is 2. The Hall–Kier alpha value is -3.15. The summed E-state index contributed by atoms with van der Waals surface area (Å²) in [5.74, 6) is -1.03. The number of rotatable bonds is 7. The molecular formula is C21H24N4O2. The average molecular weight is 364 g/mol. The third kappa shape index (κ3) is 4.73. The number of benzene rings is 1. The van der Waals surface area contributed by atoms with E-state index in [0.717, 1.165) is 22.0 Å². The van der Waals surface area contributed by atoms with Gasteiger partial charge in [0, 0.05) is 49.1 Å². The highest BCUT2D eigenvalue weighted by molar-refractivity contribution is 6.35. The number of aromatic amines is 1. The second kappa shape index (κ2) is 8.98. The van der Waals surface area contributed by atoms with Gasteiger partial charge in [-0.05, 0) is 49.1 Å². The number of H-pyrrole nitrogens is 1. The zero-order valence-electron chi connectivity index (χ0n) is 15.4. The number of fused-ring (bicyclic) bond motifs is 1. The molecule has 0 fully saturated rings. The Morgan fingerprint density at radius 1 is 1.11 bits per heavy atom. The molecule has 3 aromatic rings. The van der Waals surface area contributed by atoms with E-state index in [1.165, 1.54) is 0 Å². The van der Waals surface area contributed by atoms with Crippen LogP contribution in [0.4, 0.5) is 0 Å². The third-order valence-electron chi connectivity index (χ3n) is 4.64. The fraction of sp³-hybridized carbons (Fsp3) is 0.286. The second-order valence-corrected chi connectivity index (χ2v) is 6.36. The maximum absolute atomic E-state index is 12.4. The molecule has 2 N–H and O–H groups in total. The minimum absolute atomic E-state index is 0.425. The van der Waals surface area contributed by atoms with Crippen molar-refractivity contribution in [3.63, 3.8) is 0 Å². The van der Waals surface area contributed by atoms with Gasteiger partial charge in [-0.15, -0.1) is 0 Å². The molecule has 0 saturated carbocycles. The molecule has 0 aliphatic rings. The smallest absolute Gasteiger partial charge is 0.311 e. The van der Waals surface area contributed by atoms with Gasteiger partial charge in [0.2, 0.25) is 0 Å². The van der Waals surface area contributed by atoms with Crippen molar-refractivity contribution in [3.05, 3.63) is 66.1 Å². The summed E-state index contributed by atoms with van der Waals surface area (Å²) in [4.78, 5) is 33.4. The number of aromatic nitrogens is 2. The van der Waals surface area contributed by atoms with E-state index >= 15 is 0 Å². The zero-order chi connectivity index (χ0) is 19.1. The summed E-state index contributed by atoms with van der Waals surface area (Å²) in [5, 5.41) is 3.89. The lowest BCUT2D eigenvalue weighted by molar-refractivity contribution is -0.145. The van der Waals surface area contributed by atoms with E-state index in [9.17, 15) is 9.59 Å². The lowest BCUT2D eigenvalue weighted by Gasteiger charge is -2.20. The third-order valence-corrected chi connectivity index (χ3v) is 4.64. The van der Waals surface area contributed by atoms with Crippen LogP contribution < -0.4 is 5.32 Å². The Bertz CT molecular complexity index is 905. The van der Waals surface area contributed by atoms with Crippen LogP contribution in [-0.2, 0) is 22.4 Å². The highest BCUT2D eigenvalue weighted by Gasteiger charge is 2.20. The van der Waals surface area contributed by atoms with Crippen LogP contribution in [0.2, 0.25) is 0 Å². The summed E-state index contributed by atoms with van der Waals surface area (Å²) in [7, 11) is 0. The largest absolute Gasteiger partial charge is 0.361 e. The number of pyridine rings is 1. The zero-order valence-corrected chi connectivity index (χ0v) is 15.4. The van der Waals surface area contributed by atoms with Gasteiger partial charge in [-0.25, -0.2) is 0 Å². The molecule has 2 aromatic heterocycles. The van der Waals surface area contributed by atoms with E-state index in [0.29, 0.717) is 32.5 Å². The van der Waals surface area contributed by atoms with Crippen LogP contribution in [0.1, 0.15) is 18.1 Å². The van der Waals surface area contributed by atoms with Crippen molar-refractivity contribution in [1.29, 1.82) is 0 Å². The summed E-state index contributed by atoms with van der Waals surface area (Å²) < 4.78 is 0. The van der Waals surface area contributed by atoms with Gasteiger partial charge < -0.3 is 15.2 Å². The first-order chi connectivity index (χ1) is 13.2. The van der Waals surface area contributed by atoms with Crippen LogP contribution in [0, 0.1) is 0 Å². The van der Waals surface area contributed by atoms with Gasteiger partial charge in [0.15, 0.2) is 0 Å². The normalized spacial score (nSPS) is 10.7. The molecule has 0 radical (unpaired) electrons. The van der Waals surface area contributed by atoms with Crippen molar-refractivity contribution in [2.45, 2.75) is 19.8 Å². The quantitative estimate of drug-likeness (QED) is 0.632. The van der Waals surface area contributed by atoms with Crippen LogP contribution in [0.15, 0.2) is 55.0 Å². The number of likely N-dealkylation sites (N-methyl/N-ethyl adjacent to an activating group) is 1.